The van der Waals surface area contributed by atoms with Crippen LogP contribution in [0.1, 0.15) is 12.8 Å². The van der Waals surface area contributed by atoms with Crippen molar-refractivity contribution in [2.24, 2.45) is 0 Å². The molecule has 1 fully saturated rings. The van der Waals surface area contributed by atoms with Gasteiger partial charge in [0.2, 0.25) is 0 Å². The van der Waals surface area contributed by atoms with Crippen LogP contribution in [0.15, 0.2) is 0 Å². The molecule has 0 amide bonds. The third-order valence-corrected chi connectivity index (χ3v) is 2.21. The first kappa shape index (κ1) is 12.5. The summed E-state index contributed by atoms with van der Waals surface area (Å²) in [4.78, 5) is 10.4. The van der Waals surface area contributed by atoms with Crippen molar-refractivity contribution in [2.75, 3.05) is 13.4 Å². The van der Waals surface area contributed by atoms with Crippen LogP contribution in [-0.2, 0) is 29.8 Å². The number of carboxylic acids is 1. The Labute approximate surface area is 88.8 Å². The van der Waals surface area contributed by atoms with Gasteiger partial charge in [0.15, 0.2) is 0 Å². The molecule has 0 spiro atoms. The Morgan fingerprint density at radius 3 is 2.80 bits per heavy atom. The number of hydrogen-bond donors (Lipinski definition) is 1. The molecule has 0 bridgehead atoms. The molecule has 1 rings (SSSR count). The lowest BCUT2D eigenvalue weighted by molar-refractivity contribution is -0.187. The highest BCUT2D eigenvalue weighted by Crippen LogP contribution is 2.16. The highest BCUT2D eigenvalue weighted by atomic mass is 32.2. The molecule has 0 aromatic rings. The summed E-state index contributed by atoms with van der Waals surface area (Å²) >= 11 is -2.58. The van der Waals surface area contributed by atoms with Crippen LogP contribution in [0.5, 0.6) is 0 Å². The maximum atomic E-state index is 10.4. The summed E-state index contributed by atoms with van der Waals surface area (Å²) in [6.07, 6.45) is -0.713. The van der Waals surface area contributed by atoms with Crippen molar-refractivity contribution < 1.29 is 32.3 Å². The van der Waals surface area contributed by atoms with Gasteiger partial charge in [-0.2, -0.15) is 0 Å². The lowest BCUT2D eigenvalue weighted by atomic mass is 10.1. The van der Waals surface area contributed by atoms with E-state index < -0.39 is 29.5 Å². The van der Waals surface area contributed by atoms with Gasteiger partial charge in [0.1, 0.15) is 6.79 Å². The SMILES string of the molecule is O=C(O)CC1CC(COS(=O)[O-])OCO1. The van der Waals surface area contributed by atoms with Gasteiger partial charge in [-0.25, -0.2) is 4.21 Å². The van der Waals surface area contributed by atoms with Gasteiger partial charge in [0.05, 0.1) is 36.6 Å². The number of carboxylic acid groups (broad SMARTS) is 1. The second-order valence-electron chi connectivity index (χ2n) is 3.02. The minimum Gasteiger partial charge on any atom is -0.750 e. The molecule has 8 heteroatoms. The number of rotatable bonds is 5. The van der Waals surface area contributed by atoms with Crippen LogP contribution in [0.2, 0.25) is 0 Å². The number of aliphatic carboxylic acids is 1. The van der Waals surface area contributed by atoms with Gasteiger partial charge >= 0.3 is 5.97 Å². The smallest absolute Gasteiger partial charge is 0.305 e. The number of carbonyl (C=O) groups is 1. The van der Waals surface area contributed by atoms with Crippen molar-refractivity contribution in [3.05, 3.63) is 0 Å². The van der Waals surface area contributed by atoms with E-state index in [1.807, 2.05) is 0 Å². The second kappa shape index (κ2) is 6.13. The summed E-state index contributed by atoms with van der Waals surface area (Å²) in [5, 5.41) is 8.52. The van der Waals surface area contributed by atoms with E-state index in [0.29, 0.717) is 6.42 Å². The topological polar surface area (TPSA) is 105 Å². The number of ether oxygens (including phenoxy) is 2. The Balaban J connectivity index is 2.28. The fourth-order valence-electron chi connectivity index (χ4n) is 1.25. The zero-order chi connectivity index (χ0) is 11.3. The molecule has 0 saturated carbocycles. The van der Waals surface area contributed by atoms with Crippen LogP contribution in [0.25, 0.3) is 0 Å². The normalized spacial score (nSPS) is 28.6. The van der Waals surface area contributed by atoms with Crippen molar-refractivity contribution in [1.29, 1.82) is 0 Å². The first-order valence-electron chi connectivity index (χ1n) is 4.25. The maximum absolute atomic E-state index is 10.4. The fraction of sp³-hybridized carbons (Fsp3) is 0.857. The lowest BCUT2D eigenvalue weighted by Gasteiger charge is -2.28. The van der Waals surface area contributed by atoms with E-state index in [1.165, 1.54) is 0 Å². The predicted octanol–water partition coefficient (Wildman–Crippen LogP) is -0.597. The Morgan fingerprint density at radius 1 is 1.53 bits per heavy atom. The molecule has 3 atom stereocenters. The van der Waals surface area contributed by atoms with Gasteiger partial charge in [0.25, 0.3) is 0 Å². The third kappa shape index (κ3) is 5.19. The van der Waals surface area contributed by atoms with Crippen molar-refractivity contribution in [1.82, 2.24) is 0 Å². The maximum Gasteiger partial charge on any atom is 0.305 e. The highest BCUT2D eigenvalue weighted by Gasteiger charge is 2.25. The summed E-state index contributed by atoms with van der Waals surface area (Å²) in [6.45, 7) is -0.160. The van der Waals surface area contributed by atoms with E-state index >= 15 is 0 Å². The van der Waals surface area contributed by atoms with Gasteiger partial charge in [-0.05, 0) is 0 Å². The van der Waals surface area contributed by atoms with Crippen LogP contribution in [0.4, 0.5) is 0 Å². The van der Waals surface area contributed by atoms with Gasteiger partial charge in [-0.3, -0.25) is 8.98 Å². The Morgan fingerprint density at radius 2 is 2.20 bits per heavy atom. The van der Waals surface area contributed by atoms with E-state index in [2.05, 4.69) is 4.18 Å². The molecule has 0 aromatic heterocycles. The Bertz CT molecular complexity index is 243. The van der Waals surface area contributed by atoms with Crippen LogP contribution < -0.4 is 0 Å². The quantitative estimate of drug-likeness (QED) is 0.639. The molecular weight excluding hydrogens is 228 g/mol. The molecule has 15 heavy (non-hydrogen) atoms. The van der Waals surface area contributed by atoms with E-state index in [9.17, 15) is 13.6 Å². The lowest BCUT2D eigenvalue weighted by Crippen LogP contribution is -2.35. The fourth-order valence-corrected chi connectivity index (χ4v) is 1.51. The number of hydrogen-bond acceptors (Lipinski definition) is 6. The largest absolute Gasteiger partial charge is 0.750 e. The van der Waals surface area contributed by atoms with E-state index in [4.69, 9.17) is 14.6 Å². The van der Waals surface area contributed by atoms with Gasteiger partial charge in [0, 0.05) is 6.42 Å². The Kier molecular flexibility index (Phi) is 5.12. The Hall–Kier alpha value is -0.540. The van der Waals surface area contributed by atoms with Gasteiger partial charge < -0.3 is 19.1 Å². The van der Waals surface area contributed by atoms with Crippen molar-refractivity contribution in [2.45, 2.75) is 25.0 Å². The van der Waals surface area contributed by atoms with Crippen LogP contribution in [-0.4, -0.2) is 45.4 Å². The molecule has 1 aliphatic heterocycles. The second-order valence-corrected chi connectivity index (χ2v) is 3.66. The average molecular weight is 239 g/mol. The van der Waals surface area contributed by atoms with E-state index in [1.54, 1.807) is 0 Å². The van der Waals surface area contributed by atoms with Crippen molar-refractivity contribution >= 4 is 17.3 Å². The molecule has 7 nitrogen and oxygen atoms in total. The molecule has 0 aliphatic carbocycles. The summed E-state index contributed by atoms with van der Waals surface area (Å²) in [6, 6.07) is 0. The molecule has 0 aromatic carbocycles. The van der Waals surface area contributed by atoms with E-state index in [0.717, 1.165) is 0 Å². The predicted molar refractivity (Wildman–Crippen MR) is 46.4 cm³/mol. The molecule has 1 saturated heterocycles. The molecule has 1 N–H and O–H groups in total. The van der Waals surface area contributed by atoms with E-state index in [-0.39, 0.29) is 19.8 Å². The van der Waals surface area contributed by atoms with Crippen LogP contribution >= 0.6 is 0 Å². The standard InChI is InChI=1S/C7H12O7S/c8-7(9)2-5-1-6(13-4-12-5)3-14-15(10)11/h5-6H,1-4H2,(H,8,9)(H,10,11)/p-1. The molecule has 88 valence electrons. The highest BCUT2D eigenvalue weighted by molar-refractivity contribution is 7.74. The van der Waals surface area contributed by atoms with Crippen LogP contribution in [0, 0.1) is 0 Å². The minimum absolute atomic E-state index is 0.0442. The monoisotopic (exact) mass is 239 g/mol. The summed E-state index contributed by atoms with van der Waals surface area (Å²) < 4.78 is 34.6. The van der Waals surface area contributed by atoms with Gasteiger partial charge in [-0.15, -0.1) is 0 Å². The molecule has 3 unspecified atom stereocenters. The minimum atomic E-state index is -2.58. The van der Waals surface area contributed by atoms with Crippen molar-refractivity contribution in [3.8, 4) is 0 Å². The zero-order valence-electron chi connectivity index (χ0n) is 7.79. The first-order valence-corrected chi connectivity index (χ1v) is 5.25. The molecule has 0 radical (unpaired) electrons. The molecular formula is C7H11O7S-. The van der Waals surface area contributed by atoms with Crippen LogP contribution in [0.3, 0.4) is 0 Å². The molecule has 1 aliphatic rings. The zero-order valence-corrected chi connectivity index (χ0v) is 8.60. The third-order valence-electron chi connectivity index (χ3n) is 1.89. The van der Waals surface area contributed by atoms with Crippen molar-refractivity contribution in [3.63, 3.8) is 0 Å². The molecule has 1 heterocycles. The average Bonchev–Trinajstić information content (AvgIpc) is 2.14. The summed E-state index contributed by atoms with van der Waals surface area (Å²) in [5.41, 5.74) is 0. The summed E-state index contributed by atoms with van der Waals surface area (Å²) in [5.74, 6) is -0.964. The van der Waals surface area contributed by atoms with Gasteiger partial charge in [-0.1, -0.05) is 0 Å². The summed E-state index contributed by atoms with van der Waals surface area (Å²) in [7, 11) is 0. The first-order chi connectivity index (χ1) is 7.08.